The summed E-state index contributed by atoms with van der Waals surface area (Å²) in [7, 11) is 0. The molecule has 0 radical (unpaired) electrons. The van der Waals surface area contributed by atoms with Crippen LogP contribution in [0.1, 0.15) is 20.3 Å². The quantitative estimate of drug-likeness (QED) is 0.829. The van der Waals surface area contributed by atoms with Crippen molar-refractivity contribution in [3.8, 4) is 0 Å². The molecule has 0 fully saturated rings. The maximum Gasteiger partial charge on any atom is 0.329 e. The third-order valence-electron chi connectivity index (χ3n) is 3.86. The SMILES string of the molecule is CCN(CCC(=O)O)C(=O)Cn1c(=O)n(CC)c2ccccc21. The first-order valence-electron chi connectivity index (χ1n) is 7.67. The van der Waals surface area contributed by atoms with E-state index in [-0.39, 0.29) is 31.1 Å². The molecule has 1 heterocycles. The number of amides is 1. The number of imidazole rings is 1. The Bertz CT molecular complexity index is 775. The average Bonchev–Trinajstić information content (AvgIpc) is 2.79. The lowest BCUT2D eigenvalue weighted by atomic mass is 10.3. The highest BCUT2D eigenvalue weighted by atomic mass is 16.4. The van der Waals surface area contributed by atoms with E-state index in [1.807, 2.05) is 31.2 Å². The van der Waals surface area contributed by atoms with E-state index in [0.29, 0.717) is 18.6 Å². The number of rotatable bonds is 7. The molecule has 7 heteroatoms. The first-order chi connectivity index (χ1) is 11.0. The van der Waals surface area contributed by atoms with Crippen molar-refractivity contribution in [2.75, 3.05) is 13.1 Å². The minimum absolute atomic E-state index is 0.0835. The second kappa shape index (κ2) is 7.13. The molecule has 1 amide bonds. The van der Waals surface area contributed by atoms with Crippen molar-refractivity contribution in [2.24, 2.45) is 0 Å². The summed E-state index contributed by atoms with van der Waals surface area (Å²) < 4.78 is 3.07. The maximum absolute atomic E-state index is 12.5. The Morgan fingerprint density at radius 3 is 2.26 bits per heavy atom. The molecular weight excluding hydrogens is 298 g/mol. The number of aromatic nitrogens is 2. The van der Waals surface area contributed by atoms with Crippen LogP contribution in [-0.2, 0) is 22.7 Å². The molecule has 2 aromatic rings. The first kappa shape index (κ1) is 16.8. The molecule has 124 valence electrons. The summed E-state index contributed by atoms with van der Waals surface area (Å²) in [5.41, 5.74) is 1.28. The number of aryl methyl sites for hydroxylation is 1. The van der Waals surface area contributed by atoms with Gasteiger partial charge in [0.1, 0.15) is 6.54 Å². The molecule has 2 rings (SSSR count). The highest BCUT2D eigenvalue weighted by Gasteiger charge is 2.18. The summed E-state index contributed by atoms with van der Waals surface area (Å²) in [5.74, 6) is -1.20. The Balaban J connectivity index is 2.30. The summed E-state index contributed by atoms with van der Waals surface area (Å²) in [4.78, 5) is 37.0. The second-order valence-electron chi connectivity index (χ2n) is 5.22. The number of carboxylic acid groups (broad SMARTS) is 1. The Kier molecular flexibility index (Phi) is 5.20. The molecule has 1 N–H and O–H groups in total. The van der Waals surface area contributed by atoms with E-state index in [9.17, 15) is 14.4 Å². The molecule has 0 saturated carbocycles. The summed E-state index contributed by atoms with van der Waals surface area (Å²) in [6, 6.07) is 7.34. The van der Waals surface area contributed by atoms with Gasteiger partial charge >= 0.3 is 11.7 Å². The van der Waals surface area contributed by atoms with Crippen LogP contribution in [0, 0.1) is 0 Å². The number of benzene rings is 1. The smallest absolute Gasteiger partial charge is 0.329 e. The van der Waals surface area contributed by atoms with Crippen molar-refractivity contribution in [3.05, 3.63) is 34.7 Å². The molecule has 0 unspecified atom stereocenters. The molecule has 7 nitrogen and oxygen atoms in total. The fourth-order valence-electron chi connectivity index (χ4n) is 2.66. The lowest BCUT2D eigenvalue weighted by molar-refractivity contribution is -0.138. The standard InChI is InChI=1S/C16H21N3O4/c1-3-17(10-9-15(21)22)14(20)11-19-13-8-6-5-7-12(13)18(4-2)16(19)23/h5-8H,3-4,9-11H2,1-2H3,(H,21,22). The van der Waals surface area contributed by atoms with E-state index >= 15 is 0 Å². The van der Waals surface area contributed by atoms with Gasteiger partial charge < -0.3 is 10.0 Å². The molecule has 0 aliphatic carbocycles. The highest BCUT2D eigenvalue weighted by molar-refractivity contribution is 5.81. The predicted molar refractivity (Wildman–Crippen MR) is 86.4 cm³/mol. The van der Waals surface area contributed by atoms with Crippen LogP contribution in [0.3, 0.4) is 0 Å². The average molecular weight is 319 g/mol. The molecule has 0 saturated heterocycles. The van der Waals surface area contributed by atoms with Crippen molar-refractivity contribution in [1.29, 1.82) is 0 Å². The molecule has 0 spiro atoms. The number of carbonyl (C=O) groups excluding carboxylic acids is 1. The van der Waals surface area contributed by atoms with Gasteiger partial charge in [-0.05, 0) is 26.0 Å². The van der Waals surface area contributed by atoms with Crippen molar-refractivity contribution in [1.82, 2.24) is 14.0 Å². The van der Waals surface area contributed by atoms with Gasteiger partial charge in [0, 0.05) is 19.6 Å². The van der Waals surface area contributed by atoms with Crippen molar-refractivity contribution < 1.29 is 14.7 Å². The number of fused-ring (bicyclic) bond motifs is 1. The topological polar surface area (TPSA) is 84.5 Å². The third kappa shape index (κ3) is 3.44. The molecule has 0 atom stereocenters. The van der Waals surface area contributed by atoms with E-state index in [1.54, 1.807) is 11.5 Å². The van der Waals surface area contributed by atoms with Crippen molar-refractivity contribution in [2.45, 2.75) is 33.4 Å². The fourth-order valence-corrected chi connectivity index (χ4v) is 2.66. The van der Waals surface area contributed by atoms with E-state index in [0.717, 1.165) is 5.52 Å². The van der Waals surface area contributed by atoms with Gasteiger partial charge in [-0.25, -0.2) is 4.79 Å². The number of nitrogens with zero attached hydrogens (tertiary/aromatic N) is 3. The van der Waals surface area contributed by atoms with E-state index in [2.05, 4.69) is 0 Å². The van der Waals surface area contributed by atoms with Crippen LogP contribution in [0.2, 0.25) is 0 Å². The molecule has 0 aliphatic heterocycles. The number of hydrogen-bond donors (Lipinski definition) is 1. The van der Waals surface area contributed by atoms with Gasteiger partial charge in [0.2, 0.25) is 5.91 Å². The minimum atomic E-state index is -0.948. The Morgan fingerprint density at radius 1 is 1.13 bits per heavy atom. The van der Waals surface area contributed by atoms with Gasteiger partial charge in [-0.1, -0.05) is 12.1 Å². The normalized spacial score (nSPS) is 10.9. The largest absolute Gasteiger partial charge is 0.481 e. The molecule has 0 aliphatic rings. The van der Waals surface area contributed by atoms with Crippen LogP contribution >= 0.6 is 0 Å². The summed E-state index contributed by atoms with van der Waals surface area (Å²) in [6.07, 6.45) is -0.106. The lowest BCUT2D eigenvalue weighted by Gasteiger charge is -2.20. The number of carbonyl (C=O) groups is 2. The number of carboxylic acids is 1. The van der Waals surface area contributed by atoms with Crippen LogP contribution in [0.5, 0.6) is 0 Å². The summed E-state index contributed by atoms with van der Waals surface area (Å²) in [5, 5.41) is 8.75. The predicted octanol–water partition coefficient (Wildman–Crippen LogP) is 1.15. The lowest BCUT2D eigenvalue weighted by Crippen LogP contribution is -2.37. The summed E-state index contributed by atoms with van der Waals surface area (Å²) >= 11 is 0. The van der Waals surface area contributed by atoms with Gasteiger partial charge in [-0.15, -0.1) is 0 Å². The minimum Gasteiger partial charge on any atom is -0.481 e. The molecule has 0 bridgehead atoms. The number of hydrogen-bond acceptors (Lipinski definition) is 3. The highest BCUT2D eigenvalue weighted by Crippen LogP contribution is 2.13. The van der Waals surface area contributed by atoms with Crippen LogP contribution in [-0.4, -0.2) is 44.1 Å². The van der Waals surface area contributed by atoms with Gasteiger partial charge in [0.25, 0.3) is 0 Å². The molecular formula is C16H21N3O4. The van der Waals surface area contributed by atoms with Crippen LogP contribution in [0.15, 0.2) is 29.1 Å². The fraction of sp³-hybridized carbons (Fsp3) is 0.438. The van der Waals surface area contributed by atoms with Crippen LogP contribution in [0.4, 0.5) is 0 Å². The Hall–Kier alpha value is -2.57. The first-order valence-corrected chi connectivity index (χ1v) is 7.67. The number of likely N-dealkylation sites (N-methyl/N-ethyl adjacent to an activating group) is 1. The van der Waals surface area contributed by atoms with E-state index < -0.39 is 5.97 Å². The second-order valence-corrected chi connectivity index (χ2v) is 5.22. The zero-order valence-electron chi connectivity index (χ0n) is 13.4. The van der Waals surface area contributed by atoms with Gasteiger partial charge in [0.15, 0.2) is 0 Å². The van der Waals surface area contributed by atoms with Crippen LogP contribution in [0.25, 0.3) is 11.0 Å². The zero-order valence-corrected chi connectivity index (χ0v) is 13.4. The zero-order chi connectivity index (χ0) is 17.0. The van der Waals surface area contributed by atoms with Crippen molar-refractivity contribution >= 4 is 22.9 Å². The van der Waals surface area contributed by atoms with Gasteiger partial charge in [-0.3, -0.25) is 18.7 Å². The van der Waals surface area contributed by atoms with E-state index in [1.165, 1.54) is 9.47 Å². The maximum atomic E-state index is 12.5. The van der Waals surface area contributed by atoms with Crippen molar-refractivity contribution in [3.63, 3.8) is 0 Å². The van der Waals surface area contributed by atoms with Gasteiger partial charge in [-0.2, -0.15) is 0 Å². The number of para-hydroxylation sites is 2. The van der Waals surface area contributed by atoms with Gasteiger partial charge in [0.05, 0.1) is 17.5 Å². The number of aliphatic carboxylic acids is 1. The third-order valence-corrected chi connectivity index (χ3v) is 3.86. The molecule has 1 aromatic carbocycles. The Morgan fingerprint density at radius 2 is 1.74 bits per heavy atom. The van der Waals surface area contributed by atoms with E-state index in [4.69, 9.17) is 5.11 Å². The molecule has 23 heavy (non-hydrogen) atoms. The Labute approximate surface area is 133 Å². The van der Waals surface area contributed by atoms with Crippen LogP contribution < -0.4 is 5.69 Å². The molecule has 1 aromatic heterocycles. The summed E-state index contributed by atoms with van der Waals surface area (Å²) in [6.45, 7) is 4.67. The monoisotopic (exact) mass is 319 g/mol.